The van der Waals surface area contributed by atoms with E-state index in [9.17, 15) is 18.4 Å². The molecule has 1 saturated heterocycles. The first-order valence-corrected chi connectivity index (χ1v) is 7.09. The Labute approximate surface area is 122 Å². The lowest BCUT2D eigenvalue weighted by molar-refractivity contribution is -0.186. The number of carbonyl (C=O) groups excluding carboxylic acids is 1. The molecule has 1 saturated carbocycles. The van der Waals surface area contributed by atoms with Gasteiger partial charge in [-0.2, -0.15) is 0 Å². The van der Waals surface area contributed by atoms with Crippen molar-refractivity contribution >= 4 is 12.1 Å². The van der Waals surface area contributed by atoms with Crippen LogP contribution in [-0.2, 0) is 9.53 Å². The highest BCUT2D eigenvalue weighted by molar-refractivity contribution is 5.71. The second-order valence-electron chi connectivity index (χ2n) is 6.96. The molecule has 1 heterocycles. The molecule has 5 nitrogen and oxygen atoms in total. The highest BCUT2D eigenvalue weighted by atomic mass is 19.3. The number of nitrogens with zero attached hydrogens (tertiary/aromatic N) is 1. The molecule has 21 heavy (non-hydrogen) atoms. The van der Waals surface area contributed by atoms with Gasteiger partial charge in [-0.25, -0.2) is 13.6 Å². The van der Waals surface area contributed by atoms with Gasteiger partial charge in [0.05, 0.1) is 5.92 Å². The second-order valence-corrected chi connectivity index (χ2v) is 6.96. The molecule has 1 aliphatic heterocycles. The van der Waals surface area contributed by atoms with Crippen LogP contribution < -0.4 is 0 Å². The largest absolute Gasteiger partial charge is 0.481 e. The summed E-state index contributed by atoms with van der Waals surface area (Å²) in [5.74, 6) is -6.92. The summed E-state index contributed by atoms with van der Waals surface area (Å²) in [4.78, 5) is 24.4. The van der Waals surface area contributed by atoms with Crippen LogP contribution in [-0.4, -0.2) is 46.7 Å². The highest BCUT2D eigenvalue weighted by Gasteiger charge is 2.57. The van der Waals surface area contributed by atoms with Crippen LogP contribution in [0.25, 0.3) is 0 Å². The van der Waals surface area contributed by atoms with Gasteiger partial charge in [0.1, 0.15) is 5.60 Å². The zero-order valence-corrected chi connectivity index (χ0v) is 12.4. The van der Waals surface area contributed by atoms with Crippen LogP contribution in [0, 0.1) is 17.8 Å². The van der Waals surface area contributed by atoms with Crippen molar-refractivity contribution in [3.8, 4) is 0 Å². The molecule has 7 heteroatoms. The average Bonchev–Trinajstić information content (AvgIpc) is 2.23. The number of carboxylic acids is 1. The fourth-order valence-corrected chi connectivity index (χ4v) is 3.11. The number of alkyl halides is 2. The number of piperidine rings is 1. The molecule has 1 N–H and O–H groups in total. The van der Waals surface area contributed by atoms with Crippen molar-refractivity contribution in [3.63, 3.8) is 0 Å². The number of likely N-dealkylation sites (tertiary alicyclic amines) is 1. The summed E-state index contributed by atoms with van der Waals surface area (Å²) in [6.45, 7) is 4.84. The van der Waals surface area contributed by atoms with Crippen LogP contribution in [0.5, 0.6) is 0 Å². The number of carboxylic acid groups (broad SMARTS) is 1. The van der Waals surface area contributed by atoms with Gasteiger partial charge >= 0.3 is 12.1 Å². The van der Waals surface area contributed by atoms with Crippen molar-refractivity contribution < 1.29 is 28.2 Å². The van der Waals surface area contributed by atoms with Crippen molar-refractivity contribution in [3.05, 3.63) is 0 Å². The number of rotatable bonds is 1. The van der Waals surface area contributed by atoms with Gasteiger partial charge in [0.15, 0.2) is 0 Å². The molecule has 0 aromatic carbocycles. The number of ether oxygens (including phenoxy) is 1. The number of hydrogen-bond donors (Lipinski definition) is 1. The molecular weight excluding hydrogens is 284 g/mol. The van der Waals surface area contributed by atoms with Gasteiger partial charge in [-0.15, -0.1) is 0 Å². The Morgan fingerprint density at radius 2 is 1.67 bits per heavy atom. The van der Waals surface area contributed by atoms with Crippen molar-refractivity contribution in [2.24, 2.45) is 17.8 Å². The van der Waals surface area contributed by atoms with E-state index in [4.69, 9.17) is 9.84 Å². The van der Waals surface area contributed by atoms with Gasteiger partial charge in [0, 0.05) is 24.9 Å². The van der Waals surface area contributed by atoms with E-state index in [1.807, 2.05) is 0 Å². The molecule has 1 aliphatic carbocycles. The Bertz CT molecular complexity index is 429. The van der Waals surface area contributed by atoms with Crippen LogP contribution in [0.3, 0.4) is 0 Å². The quantitative estimate of drug-likeness (QED) is 0.808. The summed E-state index contributed by atoms with van der Waals surface area (Å²) >= 11 is 0. The van der Waals surface area contributed by atoms with Crippen molar-refractivity contribution in [2.45, 2.75) is 45.1 Å². The maximum Gasteiger partial charge on any atom is 0.410 e. The number of fused-ring (bicyclic) bond motifs is 2. The van der Waals surface area contributed by atoms with Crippen molar-refractivity contribution in [2.75, 3.05) is 13.1 Å². The molecule has 2 bridgehead atoms. The van der Waals surface area contributed by atoms with Gasteiger partial charge < -0.3 is 14.7 Å². The summed E-state index contributed by atoms with van der Waals surface area (Å²) in [6, 6.07) is 0. The van der Waals surface area contributed by atoms with Gasteiger partial charge in [0.25, 0.3) is 5.92 Å². The first-order chi connectivity index (χ1) is 9.50. The topological polar surface area (TPSA) is 66.8 Å². The van der Waals surface area contributed by atoms with Crippen LogP contribution in [0.1, 0.15) is 33.6 Å². The zero-order chi connectivity index (χ0) is 16.0. The fourth-order valence-electron chi connectivity index (χ4n) is 3.11. The molecule has 0 aromatic heterocycles. The van der Waals surface area contributed by atoms with E-state index in [0.717, 1.165) is 0 Å². The van der Waals surface area contributed by atoms with Crippen LogP contribution in [0.15, 0.2) is 0 Å². The normalized spacial score (nSPS) is 31.7. The maximum absolute atomic E-state index is 14.2. The van der Waals surface area contributed by atoms with E-state index in [1.165, 1.54) is 4.90 Å². The molecule has 0 aromatic rings. The minimum Gasteiger partial charge on any atom is -0.481 e. The Balaban J connectivity index is 2.11. The second kappa shape index (κ2) is 5.10. The molecule has 1 amide bonds. The third kappa shape index (κ3) is 3.27. The minimum absolute atomic E-state index is 0.0991. The van der Waals surface area contributed by atoms with Gasteiger partial charge in [-0.3, -0.25) is 4.79 Å². The summed E-state index contributed by atoms with van der Waals surface area (Å²) in [7, 11) is 0. The summed E-state index contributed by atoms with van der Waals surface area (Å²) in [6.07, 6.45) is -0.808. The molecule has 2 unspecified atom stereocenters. The minimum atomic E-state index is -2.91. The lowest BCUT2D eigenvalue weighted by Gasteiger charge is -2.48. The number of hydrogen-bond acceptors (Lipinski definition) is 3. The maximum atomic E-state index is 14.2. The van der Waals surface area contributed by atoms with Gasteiger partial charge in [-0.1, -0.05) is 0 Å². The standard InChI is InChI=1S/C14H21F2NO4/c1-13(2,3)21-12(20)17-6-9-4-8(11(18)19)5-10(7-17)14(9,15)16/h8-10H,4-7H2,1-3H3,(H,18,19). The number of carbonyl (C=O) groups is 2. The predicted molar refractivity (Wildman–Crippen MR) is 70.1 cm³/mol. The Kier molecular flexibility index (Phi) is 3.88. The highest BCUT2D eigenvalue weighted by Crippen LogP contribution is 2.48. The summed E-state index contributed by atoms with van der Waals surface area (Å²) < 4.78 is 33.5. The number of amides is 1. The molecule has 2 rings (SSSR count). The van der Waals surface area contributed by atoms with E-state index in [-0.39, 0.29) is 25.9 Å². The molecule has 120 valence electrons. The predicted octanol–water partition coefficient (Wildman–Crippen LogP) is 2.60. The Morgan fingerprint density at radius 3 is 2.05 bits per heavy atom. The molecular formula is C14H21F2NO4. The first-order valence-electron chi connectivity index (χ1n) is 7.09. The van der Waals surface area contributed by atoms with Gasteiger partial charge in [-0.05, 0) is 33.6 Å². The molecule has 2 fully saturated rings. The molecule has 2 atom stereocenters. The van der Waals surface area contributed by atoms with Crippen LogP contribution in [0.2, 0.25) is 0 Å². The number of halogens is 2. The third-order valence-electron chi connectivity index (χ3n) is 4.11. The van der Waals surface area contributed by atoms with Crippen molar-refractivity contribution in [1.29, 1.82) is 0 Å². The fraction of sp³-hybridized carbons (Fsp3) is 0.857. The Hall–Kier alpha value is -1.40. The molecule has 0 spiro atoms. The first kappa shape index (κ1) is 16.0. The zero-order valence-electron chi connectivity index (χ0n) is 12.4. The lowest BCUT2D eigenvalue weighted by atomic mass is 9.69. The Morgan fingerprint density at radius 1 is 1.19 bits per heavy atom. The van der Waals surface area contributed by atoms with E-state index >= 15 is 0 Å². The molecule has 2 aliphatic rings. The summed E-state index contributed by atoms with van der Waals surface area (Å²) in [5.41, 5.74) is -0.685. The van der Waals surface area contributed by atoms with E-state index in [0.29, 0.717) is 0 Å². The molecule has 0 radical (unpaired) electrons. The van der Waals surface area contributed by atoms with Crippen molar-refractivity contribution in [1.82, 2.24) is 4.90 Å². The monoisotopic (exact) mass is 305 g/mol. The van der Waals surface area contributed by atoms with E-state index < -0.39 is 41.3 Å². The smallest absolute Gasteiger partial charge is 0.410 e. The van der Waals surface area contributed by atoms with E-state index in [1.54, 1.807) is 20.8 Å². The van der Waals surface area contributed by atoms with Crippen LogP contribution >= 0.6 is 0 Å². The lowest BCUT2D eigenvalue weighted by Crippen LogP contribution is -2.59. The number of aliphatic carboxylic acids is 1. The summed E-state index contributed by atoms with van der Waals surface area (Å²) in [5, 5.41) is 9.04. The SMILES string of the molecule is CC(C)(C)OC(=O)N1CC2CC(C(=O)O)CC(C1)C2(F)F. The third-order valence-corrected chi connectivity index (χ3v) is 4.11. The van der Waals surface area contributed by atoms with E-state index in [2.05, 4.69) is 0 Å². The van der Waals surface area contributed by atoms with Gasteiger partial charge in [0.2, 0.25) is 0 Å². The average molecular weight is 305 g/mol. The van der Waals surface area contributed by atoms with Crippen LogP contribution in [0.4, 0.5) is 13.6 Å².